The molecule has 0 saturated carbocycles. The molecule has 0 amide bonds. The van der Waals surface area contributed by atoms with Gasteiger partial charge in [-0.3, -0.25) is 0 Å². The maximum absolute atomic E-state index is 5.99. The van der Waals surface area contributed by atoms with Gasteiger partial charge in [-0.15, -0.1) is 0 Å². The fourth-order valence-electron chi connectivity index (χ4n) is 1.25. The van der Waals surface area contributed by atoms with Crippen LogP contribution in [-0.2, 0) is 6.54 Å². The lowest BCUT2D eigenvalue weighted by Crippen LogP contribution is -2.06. The van der Waals surface area contributed by atoms with Gasteiger partial charge < -0.3 is 5.32 Å². The van der Waals surface area contributed by atoms with E-state index in [1.165, 1.54) is 11.1 Å². The Morgan fingerprint density at radius 1 is 1.25 bits per heavy atom. The molecule has 0 radical (unpaired) electrons. The van der Waals surface area contributed by atoms with Crippen molar-refractivity contribution in [2.75, 3.05) is 7.05 Å². The van der Waals surface area contributed by atoms with Crippen molar-refractivity contribution in [3.63, 3.8) is 0 Å². The van der Waals surface area contributed by atoms with E-state index in [0.29, 0.717) is 0 Å². The minimum atomic E-state index is 0.853. The fourth-order valence-corrected chi connectivity index (χ4v) is 1.43. The van der Waals surface area contributed by atoms with Crippen LogP contribution in [0.4, 0.5) is 0 Å². The molecule has 0 aromatic heterocycles. The number of nitrogens with one attached hydrogen (secondary N) is 1. The van der Waals surface area contributed by atoms with Crippen LogP contribution < -0.4 is 5.32 Å². The molecule has 0 fully saturated rings. The van der Waals surface area contributed by atoms with Crippen molar-refractivity contribution in [1.29, 1.82) is 0 Å². The van der Waals surface area contributed by atoms with Crippen molar-refractivity contribution in [2.24, 2.45) is 0 Å². The molecule has 0 atom stereocenters. The fraction of sp³-hybridized carbons (Fsp3) is 0.400. The molecular weight excluding hydrogens is 170 g/mol. The summed E-state index contributed by atoms with van der Waals surface area (Å²) in [5.74, 6) is 0. The summed E-state index contributed by atoms with van der Waals surface area (Å²) in [6, 6.07) is 4.15. The smallest absolute Gasteiger partial charge is 0.0438 e. The lowest BCUT2D eigenvalue weighted by molar-refractivity contribution is 0.812. The predicted octanol–water partition coefficient (Wildman–Crippen LogP) is 2.68. The van der Waals surface area contributed by atoms with Crippen molar-refractivity contribution < 1.29 is 0 Å². The molecule has 0 aliphatic rings. The molecular formula is C10H14ClN. The summed E-state index contributed by atoms with van der Waals surface area (Å²) in [6.07, 6.45) is 0. The third-order valence-corrected chi connectivity index (χ3v) is 2.39. The van der Waals surface area contributed by atoms with Crippen LogP contribution in [0.3, 0.4) is 0 Å². The molecule has 1 N–H and O–H groups in total. The summed E-state index contributed by atoms with van der Waals surface area (Å²) in [7, 11) is 1.94. The van der Waals surface area contributed by atoms with Gasteiger partial charge in [0, 0.05) is 11.6 Å². The highest BCUT2D eigenvalue weighted by atomic mass is 35.5. The summed E-state index contributed by atoms with van der Waals surface area (Å²) in [5.41, 5.74) is 3.72. The maximum Gasteiger partial charge on any atom is 0.0438 e. The standard InChI is InChI=1S/C10H14ClN/c1-7-4-8(2)10(11)5-9(7)6-12-3/h4-5,12H,6H2,1-3H3. The number of halogens is 1. The molecule has 1 aromatic carbocycles. The zero-order chi connectivity index (χ0) is 9.14. The van der Waals surface area contributed by atoms with E-state index in [0.717, 1.165) is 17.1 Å². The molecule has 0 unspecified atom stereocenters. The molecule has 2 heteroatoms. The van der Waals surface area contributed by atoms with Crippen molar-refractivity contribution in [3.8, 4) is 0 Å². The second-order valence-electron chi connectivity index (χ2n) is 3.06. The molecule has 1 nitrogen and oxygen atoms in total. The Morgan fingerprint density at radius 2 is 1.92 bits per heavy atom. The van der Waals surface area contributed by atoms with Gasteiger partial charge in [-0.1, -0.05) is 17.7 Å². The molecule has 12 heavy (non-hydrogen) atoms. The van der Waals surface area contributed by atoms with E-state index in [1.54, 1.807) is 0 Å². The van der Waals surface area contributed by atoms with Crippen LogP contribution in [-0.4, -0.2) is 7.05 Å². The Bertz CT molecular complexity index is 281. The Labute approximate surface area is 78.7 Å². The largest absolute Gasteiger partial charge is 0.316 e. The first-order valence-corrected chi connectivity index (χ1v) is 4.43. The van der Waals surface area contributed by atoms with Crippen molar-refractivity contribution in [3.05, 3.63) is 33.8 Å². The average molecular weight is 184 g/mol. The van der Waals surface area contributed by atoms with Crippen LogP contribution in [0.15, 0.2) is 12.1 Å². The van der Waals surface area contributed by atoms with Crippen LogP contribution in [0.5, 0.6) is 0 Å². The van der Waals surface area contributed by atoms with E-state index in [-0.39, 0.29) is 0 Å². The molecule has 66 valence electrons. The van der Waals surface area contributed by atoms with Gasteiger partial charge in [0.15, 0.2) is 0 Å². The van der Waals surface area contributed by atoms with Crippen molar-refractivity contribution in [2.45, 2.75) is 20.4 Å². The Hall–Kier alpha value is -0.530. The third kappa shape index (κ3) is 1.99. The first-order chi connectivity index (χ1) is 5.65. The molecule has 0 bridgehead atoms. The van der Waals surface area contributed by atoms with Gasteiger partial charge in [0.05, 0.1) is 0 Å². The average Bonchev–Trinajstić information content (AvgIpc) is 2.01. The van der Waals surface area contributed by atoms with Gasteiger partial charge in [-0.2, -0.15) is 0 Å². The van der Waals surface area contributed by atoms with Gasteiger partial charge in [0.1, 0.15) is 0 Å². The summed E-state index contributed by atoms with van der Waals surface area (Å²) >= 11 is 5.99. The second-order valence-corrected chi connectivity index (χ2v) is 3.47. The molecule has 0 aliphatic heterocycles. The highest BCUT2D eigenvalue weighted by molar-refractivity contribution is 6.31. The maximum atomic E-state index is 5.99. The lowest BCUT2D eigenvalue weighted by Gasteiger charge is -2.07. The van der Waals surface area contributed by atoms with E-state index >= 15 is 0 Å². The lowest BCUT2D eigenvalue weighted by atomic mass is 10.1. The first-order valence-electron chi connectivity index (χ1n) is 4.05. The molecule has 0 spiro atoms. The Morgan fingerprint density at radius 3 is 2.50 bits per heavy atom. The van der Waals surface area contributed by atoms with Gasteiger partial charge in [-0.25, -0.2) is 0 Å². The zero-order valence-corrected chi connectivity index (χ0v) is 8.50. The SMILES string of the molecule is CNCc1cc(Cl)c(C)cc1C. The third-order valence-electron chi connectivity index (χ3n) is 1.98. The first kappa shape index (κ1) is 9.56. The van der Waals surface area contributed by atoms with E-state index in [1.807, 2.05) is 20.0 Å². The molecule has 0 aliphatic carbocycles. The minimum absolute atomic E-state index is 0.853. The highest BCUT2D eigenvalue weighted by Gasteiger charge is 2.01. The van der Waals surface area contributed by atoms with E-state index in [9.17, 15) is 0 Å². The van der Waals surface area contributed by atoms with Gasteiger partial charge in [0.2, 0.25) is 0 Å². The second kappa shape index (κ2) is 3.92. The summed E-state index contributed by atoms with van der Waals surface area (Å²) in [5, 5.41) is 3.97. The van der Waals surface area contributed by atoms with E-state index < -0.39 is 0 Å². The van der Waals surface area contributed by atoms with Gasteiger partial charge in [-0.05, 0) is 43.7 Å². The number of hydrogen-bond acceptors (Lipinski definition) is 1. The van der Waals surface area contributed by atoms with Crippen LogP contribution in [0, 0.1) is 13.8 Å². The topological polar surface area (TPSA) is 12.0 Å². The van der Waals surface area contributed by atoms with Crippen LogP contribution in [0.1, 0.15) is 16.7 Å². The van der Waals surface area contributed by atoms with E-state index in [4.69, 9.17) is 11.6 Å². The molecule has 0 heterocycles. The van der Waals surface area contributed by atoms with Crippen molar-refractivity contribution >= 4 is 11.6 Å². The van der Waals surface area contributed by atoms with E-state index in [2.05, 4.69) is 18.3 Å². The number of aryl methyl sites for hydroxylation is 2. The van der Waals surface area contributed by atoms with Gasteiger partial charge >= 0.3 is 0 Å². The van der Waals surface area contributed by atoms with Crippen LogP contribution in [0.25, 0.3) is 0 Å². The summed E-state index contributed by atoms with van der Waals surface area (Å²) in [6.45, 7) is 5.01. The highest BCUT2D eigenvalue weighted by Crippen LogP contribution is 2.20. The Balaban J connectivity index is 3.05. The quantitative estimate of drug-likeness (QED) is 0.744. The molecule has 1 rings (SSSR count). The monoisotopic (exact) mass is 183 g/mol. The normalized spacial score (nSPS) is 10.3. The molecule has 0 saturated heterocycles. The summed E-state index contributed by atoms with van der Waals surface area (Å²) in [4.78, 5) is 0. The van der Waals surface area contributed by atoms with Gasteiger partial charge in [0.25, 0.3) is 0 Å². The van der Waals surface area contributed by atoms with Crippen LogP contribution >= 0.6 is 11.6 Å². The number of hydrogen-bond donors (Lipinski definition) is 1. The minimum Gasteiger partial charge on any atom is -0.316 e. The van der Waals surface area contributed by atoms with Crippen molar-refractivity contribution in [1.82, 2.24) is 5.32 Å². The summed E-state index contributed by atoms with van der Waals surface area (Å²) < 4.78 is 0. The number of benzene rings is 1. The predicted molar refractivity (Wildman–Crippen MR) is 53.7 cm³/mol. The Kier molecular flexibility index (Phi) is 3.12. The zero-order valence-electron chi connectivity index (χ0n) is 7.74. The van der Waals surface area contributed by atoms with Crippen LogP contribution in [0.2, 0.25) is 5.02 Å². The number of rotatable bonds is 2. The molecule has 1 aromatic rings.